The van der Waals surface area contributed by atoms with Gasteiger partial charge in [0.25, 0.3) is 0 Å². The summed E-state index contributed by atoms with van der Waals surface area (Å²) >= 11 is 0. The first-order valence-corrected chi connectivity index (χ1v) is 9.77. The van der Waals surface area contributed by atoms with E-state index in [1.54, 1.807) is 0 Å². The van der Waals surface area contributed by atoms with E-state index in [0.29, 0.717) is 24.0 Å². The first kappa shape index (κ1) is 22.0. The van der Waals surface area contributed by atoms with E-state index in [1.807, 2.05) is 36.4 Å². The molecule has 2 aromatic rings. The molecule has 0 bridgehead atoms. The predicted molar refractivity (Wildman–Crippen MR) is 121 cm³/mol. The van der Waals surface area contributed by atoms with Gasteiger partial charge in [-0.05, 0) is 52.0 Å². The molecule has 2 aromatic carbocycles. The van der Waals surface area contributed by atoms with Crippen molar-refractivity contribution in [1.29, 1.82) is 0 Å². The summed E-state index contributed by atoms with van der Waals surface area (Å²) in [5.74, 6) is -0.124. The Hall–Kier alpha value is -3.26. The summed E-state index contributed by atoms with van der Waals surface area (Å²) in [4.78, 5) is 23.9. The van der Waals surface area contributed by atoms with Crippen molar-refractivity contribution in [2.75, 3.05) is 0 Å². The minimum Gasteiger partial charge on any atom is -0.290 e. The van der Waals surface area contributed by atoms with Crippen molar-refractivity contribution in [2.24, 2.45) is 0 Å². The maximum atomic E-state index is 11.9. The second-order valence-electron chi connectivity index (χ2n) is 7.06. The molecule has 0 heterocycles. The molecule has 2 nitrogen and oxygen atoms in total. The van der Waals surface area contributed by atoms with Crippen LogP contribution in [0.1, 0.15) is 41.5 Å². The second kappa shape index (κ2) is 10.3. The summed E-state index contributed by atoms with van der Waals surface area (Å²) in [6, 6.07) is 16.3. The van der Waals surface area contributed by atoms with Gasteiger partial charge < -0.3 is 0 Å². The molecule has 0 unspecified atom stereocenters. The molecule has 0 radical (unpaired) electrons. The van der Waals surface area contributed by atoms with Crippen molar-refractivity contribution in [1.82, 2.24) is 0 Å². The van der Waals surface area contributed by atoms with Gasteiger partial charge in [0.2, 0.25) is 0 Å². The Bertz CT molecular complexity index is 885. The van der Waals surface area contributed by atoms with Crippen LogP contribution < -0.4 is 0 Å². The van der Waals surface area contributed by atoms with Crippen LogP contribution in [0, 0.1) is 0 Å². The van der Waals surface area contributed by atoms with E-state index in [2.05, 4.69) is 45.4 Å². The first-order chi connectivity index (χ1) is 13.9. The van der Waals surface area contributed by atoms with E-state index < -0.39 is 0 Å². The van der Waals surface area contributed by atoms with E-state index in [0.717, 1.165) is 17.5 Å². The topological polar surface area (TPSA) is 34.1 Å². The molecule has 0 atom stereocenters. The van der Waals surface area contributed by atoms with E-state index in [4.69, 9.17) is 0 Å². The SMILES string of the molecule is C=CC(=O)C(=C)Cc1ccccc1C(CC)c1ccccc1CC(=C)C(=O)C=C. The molecule has 0 aromatic heterocycles. The molecule has 2 rings (SSSR count). The van der Waals surface area contributed by atoms with E-state index in [-0.39, 0.29) is 17.5 Å². The molecule has 29 heavy (non-hydrogen) atoms. The number of hydrogen-bond acceptors (Lipinski definition) is 2. The monoisotopic (exact) mass is 384 g/mol. The highest BCUT2D eigenvalue weighted by atomic mass is 16.1. The minimum atomic E-state index is -0.132. The van der Waals surface area contributed by atoms with Gasteiger partial charge in [0.15, 0.2) is 11.6 Å². The number of carbonyl (C=O) groups excluding carboxylic acids is 2. The van der Waals surface area contributed by atoms with Crippen molar-refractivity contribution in [3.8, 4) is 0 Å². The van der Waals surface area contributed by atoms with Crippen LogP contribution in [-0.2, 0) is 22.4 Å². The summed E-state index contributed by atoms with van der Waals surface area (Å²) in [6.07, 6.45) is 4.47. The predicted octanol–water partition coefficient (Wildman–Crippen LogP) is 5.94. The average Bonchev–Trinajstić information content (AvgIpc) is 2.75. The zero-order valence-corrected chi connectivity index (χ0v) is 17.1. The van der Waals surface area contributed by atoms with Crippen LogP contribution in [0.5, 0.6) is 0 Å². The van der Waals surface area contributed by atoms with Gasteiger partial charge in [-0.1, -0.05) is 81.8 Å². The van der Waals surface area contributed by atoms with Gasteiger partial charge in [0.1, 0.15) is 0 Å². The van der Waals surface area contributed by atoms with Gasteiger partial charge in [-0.2, -0.15) is 0 Å². The molecule has 0 spiro atoms. The molecule has 0 aliphatic carbocycles. The fourth-order valence-electron chi connectivity index (χ4n) is 3.60. The van der Waals surface area contributed by atoms with Crippen LogP contribution >= 0.6 is 0 Å². The van der Waals surface area contributed by atoms with Crippen molar-refractivity contribution >= 4 is 11.6 Å². The third kappa shape index (κ3) is 5.39. The highest BCUT2D eigenvalue weighted by Gasteiger charge is 2.20. The number of benzene rings is 2. The van der Waals surface area contributed by atoms with Gasteiger partial charge in [0.05, 0.1) is 0 Å². The third-order valence-electron chi connectivity index (χ3n) is 5.14. The third-order valence-corrected chi connectivity index (χ3v) is 5.14. The fraction of sp³-hybridized carbons (Fsp3) is 0.185. The Kier molecular flexibility index (Phi) is 7.85. The van der Waals surface area contributed by atoms with E-state index >= 15 is 0 Å². The highest BCUT2D eigenvalue weighted by molar-refractivity contribution is 6.03. The van der Waals surface area contributed by atoms with Gasteiger partial charge in [-0.15, -0.1) is 0 Å². The van der Waals surface area contributed by atoms with Crippen molar-refractivity contribution in [3.05, 3.63) is 120 Å². The molecule has 2 heteroatoms. The zero-order chi connectivity index (χ0) is 21.4. The highest BCUT2D eigenvalue weighted by Crippen LogP contribution is 2.34. The number of carbonyl (C=O) groups is 2. The number of ketones is 2. The van der Waals surface area contributed by atoms with Crippen LogP contribution in [-0.4, -0.2) is 11.6 Å². The summed E-state index contributed by atoms with van der Waals surface area (Å²) in [7, 11) is 0. The molecule has 0 fully saturated rings. The van der Waals surface area contributed by atoms with Crippen molar-refractivity contribution in [3.63, 3.8) is 0 Å². The van der Waals surface area contributed by atoms with E-state index in [1.165, 1.54) is 23.3 Å². The Morgan fingerprint density at radius 3 is 1.52 bits per heavy atom. The van der Waals surface area contributed by atoms with E-state index in [9.17, 15) is 9.59 Å². The second-order valence-corrected chi connectivity index (χ2v) is 7.06. The molecule has 0 amide bonds. The lowest BCUT2D eigenvalue weighted by Crippen LogP contribution is -2.10. The lowest BCUT2D eigenvalue weighted by molar-refractivity contribution is -0.112. The van der Waals surface area contributed by atoms with Gasteiger partial charge in [-0.25, -0.2) is 0 Å². The van der Waals surface area contributed by atoms with Crippen molar-refractivity contribution < 1.29 is 9.59 Å². The molecule has 0 saturated heterocycles. The van der Waals surface area contributed by atoms with Crippen molar-refractivity contribution in [2.45, 2.75) is 32.1 Å². The summed E-state index contributed by atoms with van der Waals surface area (Å²) in [5.41, 5.74) is 5.55. The van der Waals surface area contributed by atoms with Crippen LogP contribution in [0.25, 0.3) is 0 Å². The van der Waals surface area contributed by atoms with Crippen LogP contribution in [0.4, 0.5) is 0 Å². The van der Waals surface area contributed by atoms with Gasteiger partial charge in [-0.3, -0.25) is 9.59 Å². The molecule has 0 aliphatic heterocycles. The maximum Gasteiger partial charge on any atom is 0.180 e. The lowest BCUT2D eigenvalue weighted by Gasteiger charge is -2.23. The number of rotatable bonds is 11. The Balaban J connectivity index is 2.45. The molecular formula is C27H28O2. The molecule has 148 valence electrons. The van der Waals surface area contributed by atoms with Crippen LogP contribution in [0.15, 0.2) is 98.1 Å². The quantitative estimate of drug-likeness (QED) is 0.450. The molecule has 0 aliphatic rings. The smallest absolute Gasteiger partial charge is 0.180 e. The summed E-state index contributed by atoms with van der Waals surface area (Å²) < 4.78 is 0. The lowest BCUT2D eigenvalue weighted by atomic mass is 9.81. The maximum absolute atomic E-state index is 11.9. The largest absolute Gasteiger partial charge is 0.290 e. The van der Waals surface area contributed by atoms with Gasteiger partial charge >= 0.3 is 0 Å². The standard InChI is InChI=1S/C27H28O2/c1-6-23(24-15-11-9-13-21(24)17-19(4)26(28)7-2)25-16-12-10-14-22(25)18-20(5)27(29)8-3/h7-16,23H,2-6,17-18H2,1H3. The fourth-order valence-corrected chi connectivity index (χ4v) is 3.60. The van der Waals surface area contributed by atoms with Crippen LogP contribution in [0.2, 0.25) is 0 Å². The van der Waals surface area contributed by atoms with Crippen LogP contribution in [0.3, 0.4) is 0 Å². The first-order valence-electron chi connectivity index (χ1n) is 9.77. The average molecular weight is 385 g/mol. The Labute approximate surface area is 174 Å². The summed E-state index contributed by atoms with van der Waals surface area (Å²) in [5, 5.41) is 0. The Morgan fingerprint density at radius 2 is 1.17 bits per heavy atom. The Morgan fingerprint density at radius 1 is 0.793 bits per heavy atom. The normalized spacial score (nSPS) is 10.4. The molecular weight excluding hydrogens is 356 g/mol. The minimum absolute atomic E-state index is 0.132. The zero-order valence-electron chi connectivity index (χ0n) is 17.1. The molecule has 0 saturated carbocycles. The van der Waals surface area contributed by atoms with Gasteiger partial charge in [0, 0.05) is 18.8 Å². The summed E-state index contributed by atoms with van der Waals surface area (Å²) in [6.45, 7) is 17.1. The molecule has 0 N–H and O–H groups in total. The number of hydrogen-bond donors (Lipinski definition) is 0. The number of allylic oxidation sites excluding steroid dienone is 4.